The molecule has 3 N–H and O–H groups in total. The van der Waals surface area contributed by atoms with E-state index >= 15 is 0 Å². The van der Waals surface area contributed by atoms with E-state index in [0.717, 1.165) is 11.8 Å². The van der Waals surface area contributed by atoms with E-state index in [2.05, 4.69) is 0 Å². The van der Waals surface area contributed by atoms with Crippen LogP contribution in [-0.2, 0) is 0 Å². The molecule has 2 aromatic carbocycles. The van der Waals surface area contributed by atoms with Gasteiger partial charge in [0.25, 0.3) is 0 Å². The fraction of sp³-hybridized carbons (Fsp3) is 0.250. The first-order valence-electron chi connectivity index (χ1n) is 7.77. The smallest absolute Gasteiger partial charge is 0.445 e. The molecule has 9 heteroatoms. The molecule has 0 saturated carbocycles. The van der Waals surface area contributed by atoms with Crippen molar-refractivity contribution in [2.45, 2.75) is 0 Å². The number of hydrogen-bond donors (Lipinski definition) is 3. The molecule has 0 aliphatic rings. The molecule has 0 atom stereocenters. The molecule has 2 aromatic rings. The summed E-state index contributed by atoms with van der Waals surface area (Å²) >= 11 is 0. The van der Waals surface area contributed by atoms with Crippen LogP contribution in [0.4, 0.5) is 24.3 Å². The van der Waals surface area contributed by atoms with Crippen LogP contribution in [0.3, 0.4) is 0 Å². The number of nitrogens with zero attached hydrogens (tertiary/aromatic N) is 1. The minimum absolute atomic E-state index is 0.301. The summed E-state index contributed by atoms with van der Waals surface area (Å²) in [5, 5.41) is 18.0. The molecule has 0 bridgehead atoms. The zero-order valence-corrected chi connectivity index (χ0v) is 14.7. The number of nitrogens with one attached hydrogen (secondary N) is 1. The van der Waals surface area contributed by atoms with Crippen molar-refractivity contribution in [2.75, 3.05) is 33.1 Å². The normalized spacial score (nSPS) is 11.0. The zero-order valence-electron chi connectivity index (χ0n) is 14.7. The number of hydrogen-bond acceptors (Lipinski definition) is 3. The third kappa shape index (κ3) is 6.12. The lowest BCUT2D eigenvalue weighted by atomic mass is 9.78. The Labute approximate surface area is 146 Å². The SMILES string of the molecule is CN(C)c1ccccc1B(O)O.C[NH+](C)c1ccccc1[B-](F)(F)F. The van der Waals surface area contributed by atoms with Gasteiger partial charge in [0.15, 0.2) is 0 Å². The molecule has 0 aliphatic carbocycles. The van der Waals surface area contributed by atoms with E-state index in [4.69, 9.17) is 10.0 Å². The summed E-state index contributed by atoms with van der Waals surface area (Å²) in [6.45, 7) is -4.89. The third-order valence-corrected chi connectivity index (χ3v) is 3.55. The number of halogens is 3. The van der Waals surface area contributed by atoms with Crippen LogP contribution < -0.4 is 20.7 Å². The highest BCUT2D eigenvalue weighted by molar-refractivity contribution is 6.74. The second-order valence-corrected chi connectivity index (χ2v) is 5.99. The predicted octanol–water partition coefficient (Wildman–Crippen LogP) is -0.0506. The van der Waals surface area contributed by atoms with E-state index in [9.17, 15) is 12.9 Å². The fourth-order valence-electron chi connectivity index (χ4n) is 2.35. The monoisotopic (exact) mass is 354 g/mol. The van der Waals surface area contributed by atoms with E-state index in [-0.39, 0.29) is 0 Å². The highest BCUT2D eigenvalue weighted by Gasteiger charge is 2.30. The molecule has 0 saturated heterocycles. The first kappa shape index (κ1) is 21.1. The van der Waals surface area contributed by atoms with Crippen LogP contribution >= 0.6 is 0 Å². The number of benzene rings is 2. The molecule has 0 amide bonds. The van der Waals surface area contributed by atoms with Gasteiger partial charge in [-0.3, -0.25) is 0 Å². The van der Waals surface area contributed by atoms with Gasteiger partial charge < -0.3 is 32.8 Å². The number of anilines is 1. The Hall–Kier alpha value is -1.96. The lowest BCUT2D eigenvalue weighted by Crippen LogP contribution is -3.01. The minimum atomic E-state index is -4.89. The Morgan fingerprint density at radius 1 is 0.920 bits per heavy atom. The Bertz CT molecular complexity index is 653. The molecular weight excluding hydrogens is 331 g/mol. The van der Waals surface area contributed by atoms with Crippen molar-refractivity contribution in [2.24, 2.45) is 0 Å². The summed E-state index contributed by atoms with van der Waals surface area (Å²) in [6, 6.07) is 12.8. The molecule has 0 spiro atoms. The summed E-state index contributed by atoms with van der Waals surface area (Å²) in [5.41, 5.74) is 1.16. The maximum absolute atomic E-state index is 12.5. The molecule has 0 unspecified atom stereocenters. The maximum Gasteiger partial charge on any atom is 0.515 e. The average molecular weight is 354 g/mol. The van der Waals surface area contributed by atoms with Crippen molar-refractivity contribution in [3.8, 4) is 0 Å². The lowest BCUT2D eigenvalue weighted by molar-refractivity contribution is -0.785. The molecule has 0 aromatic heterocycles. The van der Waals surface area contributed by atoms with E-state index in [1.807, 2.05) is 31.1 Å². The Morgan fingerprint density at radius 3 is 1.84 bits per heavy atom. The fourth-order valence-corrected chi connectivity index (χ4v) is 2.35. The summed E-state index contributed by atoms with van der Waals surface area (Å²) in [7, 11) is 5.69. The van der Waals surface area contributed by atoms with Gasteiger partial charge in [0.2, 0.25) is 0 Å². The molecule has 4 nitrogen and oxygen atoms in total. The maximum atomic E-state index is 12.5. The topological polar surface area (TPSA) is 48.1 Å². The second-order valence-electron chi connectivity index (χ2n) is 5.99. The van der Waals surface area contributed by atoms with Crippen molar-refractivity contribution in [1.82, 2.24) is 0 Å². The largest absolute Gasteiger partial charge is 0.515 e. The summed E-state index contributed by atoms with van der Waals surface area (Å²) in [5.74, 6) is 0. The predicted molar refractivity (Wildman–Crippen MR) is 98.2 cm³/mol. The van der Waals surface area contributed by atoms with Crippen LogP contribution in [0.1, 0.15) is 0 Å². The molecule has 25 heavy (non-hydrogen) atoms. The van der Waals surface area contributed by atoms with E-state index in [0.29, 0.717) is 16.1 Å². The van der Waals surface area contributed by atoms with E-state index in [1.54, 1.807) is 32.3 Å². The van der Waals surface area contributed by atoms with Gasteiger partial charge in [0.1, 0.15) is 5.69 Å². The summed E-state index contributed by atoms with van der Waals surface area (Å²) < 4.78 is 37.4. The molecule has 2 rings (SSSR count). The van der Waals surface area contributed by atoms with Crippen LogP contribution in [0.5, 0.6) is 0 Å². The first-order valence-corrected chi connectivity index (χ1v) is 7.77. The van der Waals surface area contributed by atoms with Gasteiger partial charge >= 0.3 is 14.1 Å². The lowest BCUT2D eigenvalue weighted by Gasteiger charge is -2.19. The molecular formula is C16H23B2F3N2O2. The Morgan fingerprint density at radius 2 is 1.44 bits per heavy atom. The van der Waals surface area contributed by atoms with Gasteiger partial charge in [-0.15, -0.1) is 0 Å². The van der Waals surface area contributed by atoms with Crippen LogP contribution in [0.15, 0.2) is 48.5 Å². The van der Waals surface area contributed by atoms with Crippen LogP contribution in [0.25, 0.3) is 0 Å². The minimum Gasteiger partial charge on any atom is -0.445 e. The number of quaternary nitrogens is 1. The Balaban J connectivity index is 0.000000251. The van der Waals surface area contributed by atoms with Gasteiger partial charge in [-0.25, -0.2) is 0 Å². The highest BCUT2D eigenvalue weighted by Crippen LogP contribution is 2.12. The molecule has 0 heterocycles. The van der Waals surface area contributed by atoms with Gasteiger partial charge in [-0.2, -0.15) is 0 Å². The van der Waals surface area contributed by atoms with E-state index < -0.39 is 19.6 Å². The van der Waals surface area contributed by atoms with Crippen LogP contribution in [-0.4, -0.2) is 52.3 Å². The van der Waals surface area contributed by atoms with Crippen LogP contribution in [0, 0.1) is 0 Å². The van der Waals surface area contributed by atoms with Crippen molar-refractivity contribution < 1.29 is 27.9 Å². The summed E-state index contributed by atoms with van der Waals surface area (Å²) in [6.07, 6.45) is 0. The molecule has 0 fully saturated rings. The van der Waals surface area contributed by atoms with Crippen LogP contribution in [0.2, 0.25) is 0 Å². The average Bonchev–Trinajstić information content (AvgIpc) is 2.54. The summed E-state index contributed by atoms with van der Waals surface area (Å²) in [4.78, 5) is 2.53. The quantitative estimate of drug-likeness (QED) is 0.675. The number of para-hydroxylation sites is 2. The molecule has 0 radical (unpaired) electrons. The van der Waals surface area contributed by atoms with Gasteiger partial charge in [0.05, 0.1) is 14.1 Å². The highest BCUT2D eigenvalue weighted by atomic mass is 19.4. The second kappa shape index (κ2) is 8.94. The van der Waals surface area contributed by atoms with Gasteiger partial charge in [-0.05, 0) is 17.6 Å². The first-order chi connectivity index (χ1) is 11.6. The van der Waals surface area contributed by atoms with Crippen molar-refractivity contribution in [3.05, 3.63) is 48.5 Å². The third-order valence-electron chi connectivity index (χ3n) is 3.55. The zero-order chi connectivity index (χ0) is 19.2. The molecule has 0 aliphatic heterocycles. The van der Waals surface area contributed by atoms with Crippen molar-refractivity contribution >= 4 is 36.4 Å². The standard InChI is InChI=1S/C8H10BF3N.C8H12BNO2/c1-13(2)8-6-4-3-5-7(8)9(10,11)12;1-10(2)8-6-4-3-5-7(8)9(11)12/h3-6H,1-2H3;3-6,11-12H,1-2H3/q-1;/p+1. The van der Waals surface area contributed by atoms with Gasteiger partial charge in [-0.1, -0.05) is 36.4 Å². The van der Waals surface area contributed by atoms with Crippen molar-refractivity contribution in [1.29, 1.82) is 0 Å². The Kier molecular flexibility index (Phi) is 7.54. The van der Waals surface area contributed by atoms with E-state index in [1.165, 1.54) is 12.1 Å². The van der Waals surface area contributed by atoms with Gasteiger partial charge in [0, 0.05) is 25.2 Å². The van der Waals surface area contributed by atoms with Crippen molar-refractivity contribution in [3.63, 3.8) is 0 Å². The number of rotatable bonds is 4. The molecule has 136 valence electrons.